The van der Waals surface area contributed by atoms with Crippen molar-refractivity contribution in [3.63, 3.8) is 0 Å². The standard InChI is InChI=1S/C21H25N3O4/c1-2-28-17-9-7-16(8-10-17)22-20(25)15-21(26)23-18-5-3-4-6-19(18)24-11-13-27-14-12-24/h3-10H,2,11-15H2,1H3,(H,22,25)(H,23,26). The monoisotopic (exact) mass is 383 g/mol. The number of amides is 2. The summed E-state index contributed by atoms with van der Waals surface area (Å²) in [4.78, 5) is 26.7. The Morgan fingerprint density at radius 3 is 2.39 bits per heavy atom. The van der Waals surface area contributed by atoms with Gasteiger partial charge in [-0.1, -0.05) is 12.1 Å². The highest BCUT2D eigenvalue weighted by molar-refractivity contribution is 6.08. The van der Waals surface area contributed by atoms with Gasteiger partial charge in [0, 0.05) is 18.8 Å². The van der Waals surface area contributed by atoms with Gasteiger partial charge in [0.25, 0.3) is 0 Å². The molecule has 7 heteroatoms. The molecule has 0 radical (unpaired) electrons. The molecule has 1 heterocycles. The summed E-state index contributed by atoms with van der Waals surface area (Å²) in [5, 5.41) is 5.57. The lowest BCUT2D eigenvalue weighted by atomic mass is 10.2. The fraction of sp³-hybridized carbons (Fsp3) is 0.333. The van der Waals surface area contributed by atoms with Crippen LogP contribution < -0.4 is 20.3 Å². The van der Waals surface area contributed by atoms with Gasteiger partial charge in [0.15, 0.2) is 0 Å². The molecule has 2 amide bonds. The highest BCUT2D eigenvalue weighted by Crippen LogP contribution is 2.26. The van der Waals surface area contributed by atoms with Gasteiger partial charge < -0.3 is 25.0 Å². The number of anilines is 3. The predicted octanol–water partition coefficient (Wildman–Crippen LogP) is 2.89. The van der Waals surface area contributed by atoms with Crippen molar-refractivity contribution in [3.8, 4) is 5.75 Å². The van der Waals surface area contributed by atoms with Crippen LogP contribution in [0.4, 0.5) is 17.1 Å². The summed E-state index contributed by atoms with van der Waals surface area (Å²) in [6.07, 6.45) is -0.259. The Morgan fingerprint density at radius 1 is 1.00 bits per heavy atom. The van der Waals surface area contributed by atoms with Gasteiger partial charge in [-0.3, -0.25) is 9.59 Å². The maximum absolute atomic E-state index is 12.4. The van der Waals surface area contributed by atoms with E-state index in [1.165, 1.54) is 0 Å². The van der Waals surface area contributed by atoms with Crippen LogP contribution in [0.5, 0.6) is 5.75 Å². The molecule has 0 bridgehead atoms. The van der Waals surface area contributed by atoms with Crippen LogP contribution in [0.3, 0.4) is 0 Å². The fourth-order valence-electron chi connectivity index (χ4n) is 3.01. The van der Waals surface area contributed by atoms with Gasteiger partial charge in [0.1, 0.15) is 12.2 Å². The molecule has 0 atom stereocenters. The van der Waals surface area contributed by atoms with E-state index < -0.39 is 0 Å². The van der Waals surface area contributed by atoms with Crippen molar-refractivity contribution in [2.75, 3.05) is 48.4 Å². The number of hydrogen-bond acceptors (Lipinski definition) is 5. The van der Waals surface area contributed by atoms with E-state index >= 15 is 0 Å². The van der Waals surface area contributed by atoms with Gasteiger partial charge in [-0.2, -0.15) is 0 Å². The van der Waals surface area contributed by atoms with Crippen molar-refractivity contribution in [3.05, 3.63) is 48.5 Å². The Bertz CT molecular complexity index is 802. The zero-order valence-corrected chi connectivity index (χ0v) is 15.9. The molecule has 2 aromatic carbocycles. The number of para-hydroxylation sites is 2. The maximum atomic E-state index is 12.4. The zero-order chi connectivity index (χ0) is 19.8. The molecule has 2 aromatic rings. The van der Waals surface area contributed by atoms with Gasteiger partial charge >= 0.3 is 0 Å². The van der Waals surface area contributed by atoms with Crippen LogP contribution in [-0.4, -0.2) is 44.7 Å². The maximum Gasteiger partial charge on any atom is 0.233 e. The molecule has 0 unspecified atom stereocenters. The van der Waals surface area contributed by atoms with E-state index in [1.54, 1.807) is 24.3 Å². The van der Waals surface area contributed by atoms with Gasteiger partial charge in [0.2, 0.25) is 11.8 Å². The summed E-state index contributed by atoms with van der Waals surface area (Å²) >= 11 is 0. The van der Waals surface area contributed by atoms with Crippen LogP contribution in [-0.2, 0) is 14.3 Å². The molecule has 0 saturated carbocycles. The molecule has 28 heavy (non-hydrogen) atoms. The molecule has 2 N–H and O–H groups in total. The van der Waals surface area contributed by atoms with Crippen molar-refractivity contribution in [1.29, 1.82) is 0 Å². The summed E-state index contributed by atoms with van der Waals surface area (Å²) in [5.41, 5.74) is 2.25. The minimum atomic E-state index is -0.370. The smallest absolute Gasteiger partial charge is 0.233 e. The minimum Gasteiger partial charge on any atom is -0.494 e. The van der Waals surface area contributed by atoms with Crippen LogP contribution in [0.15, 0.2) is 48.5 Å². The summed E-state index contributed by atoms with van der Waals surface area (Å²) in [6, 6.07) is 14.6. The van der Waals surface area contributed by atoms with Gasteiger partial charge in [-0.15, -0.1) is 0 Å². The Morgan fingerprint density at radius 2 is 1.68 bits per heavy atom. The van der Waals surface area contributed by atoms with E-state index in [0.717, 1.165) is 24.5 Å². The summed E-state index contributed by atoms with van der Waals surface area (Å²) in [7, 11) is 0. The lowest BCUT2D eigenvalue weighted by Crippen LogP contribution is -2.36. The lowest BCUT2D eigenvalue weighted by Gasteiger charge is -2.30. The number of benzene rings is 2. The van der Waals surface area contributed by atoms with Crippen molar-refractivity contribution >= 4 is 28.9 Å². The molecular weight excluding hydrogens is 358 g/mol. The highest BCUT2D eigenvalue weighted by atomic mass is 16.5. The number of ether oxygens (including phenoxy) is 2. The second-order valence-electron chi connectivity index (χ2n) is 6.35. The summed E-state index contributed by atoms with van der Waals surface area (Å²) < 4.78 is 10.8. The first kappa shape index (κ1) is 19.7. The molecule has 0 aliphatic carbocycles. The van der Waals surface area contributed by atoms with E-state index in [-0.39, 0.29) is 18.2 Å². The summed E-state index contributed by atoms with van der Waals surface area (Å²) in [6.45, 7) is 5.35. The van der Waals surface area contributed by atoms with Gasteiger partial charge in [-0.25, -0.2) is 0 Å². The van der Waals surface area contributed by atoms with E-state index in [9.17, 15) is 9.59 Å². The van der Waals surface area contributed by atoms with Crippen LogP contribution in [0.1, 0.15) is 13.3 Å². The molecule has 3 rings (SSSR count). The number of nitrogens with one attached hydrogen (secondary N) is 2. The molecule has 1 aliphatic rings. The van der Waals surface area contributed by atoms with Crippen molar-refractivity contribution < 1.29 is 19.1 Å². The van der Waals surface area contributed by atoms with E-state index in [2.05, 4.69) is 15.5 Å². The van der Waals surface area contributed by atoms with Crippen molar-refractivity contribution in [2.45, 2.75) is 13.3 Å². The van der Waals surface area contributed by atoms with Crippen LogP contribution in [0, 0.1) is 0 Å². The average Bonchev–Trinajstić information content (AvgIpc) is 2.70. The van der Waals surface area contributed by atoms with Crippen LogP contribution >= 0.6 is 0 Å². The first-order chi connectivity index (χ1) is 13.7. The quantitative estimate of drug-likeness (QED) is 0.719. The zero-order valence-electron chi connectivity index (χ0n) is 15.9. The SMILES string of the molecule is CCOc1ccc(NC(=O)CC(=O)Nc2ccccc2N2CCOCC2)cc1. The van der Waals surface area contributed by atoms with E-state index in [4.69, 9.17) is 9.47 Å². The largest absolute Gasteiger partial charge is 0.494 e. The molecule has 1 fully saturated rings. The van der Waals surface area contributed by atoms with E-state index in [1.807, 2.05) is 31.2 Å². The Kier molecular flexibility index (Phi) is 6.86. The van der Waals surface area contributed by atoms with Crippen molar-refractivity contribution in [2.24, 2.45) is 0 Å². The Balaban J connectivity index is 1.56. The Hall–Kier alpha value is -3.06. The number of rotatable bonds is 7. The van der Waals surface area contributed by atoms with Crippen molar-refractivity contribution in [1.82, 2.24) is 0 Å². The topological polar surface area (TPSA) is 79.9 Å². The molecule has 0 spiro atoms. The summed E-state index contributed by atoms with van der Waals surface area (Å²) in [5.74, 6) is 0.00706. The van der Waals surface area contributed by atoms with Crippen LogP contribution in [0.2, 0.25) is 0 Å². The molecule has 0 aromatic heterocycles. The second kappa shape index (κ2) is 9.75. The van der Waals surface area contributed by atoms with Gasteiger partial charge in [0.05, 0.1) is 31.2 Å². The highest BCUT2D eigenvalue weighted by Gasteiger charge is 2.17. The number of carbonyl (C=O) groups is 2. The molecule has 148 valence electrons. The third kappa shape index (κ3) is 5.47. The minimum absolute atomic E-state index is 0.259. The number of carbonyl (C=O) groups excluding carboxylic acids is 2. The first-order valence-corrected chi connectivity index (χ1v) is 9.40. The number of morpholine rings is 1. The molecule has 1 aliphatic heterocycles. The average molecular weight is 383 g/mol. The fourth-order valence-corrected chi connectivity index (χ4v) is 3.01. The number of nitrogens with zero attached hydrogens (tertiary/aromatic N) is 1. The molecule has 1 saturated heterocycles. The third-order valence-electron chi connectivity index (χ3n) is 4.30. The molecular formula is C21H25N3O4. The van der Waals surface area contributed by atoms with E-state index in [0.29, 0.717) is 31.2 Å². The van der Waals surface area contributed by atoms with Gasteiger partial charge in [-0.05, 0) is 43.3 Å². The first-order valence-electron chi connectivity index (χ1n) is 9.40. The second-order valence-corrected chi connectivity index (χ2v) is 6.35. The lowest BCUT2D eigenvalue weighted by molar-refractivity contribution is -0.123. The number of hydrogen-bond donors (Lipinski definition) is 2. The van der Waals surface area contributed by atoms with Crippen LogP contribution in [0.25, 0.3) is 0 Å². The predicted molar refractivity (Wildman–Crippen MR) is 109 cm³/mol. The Labute approximate surface area is 164 Å². The third-order valence-corrected chi connectivity index (χ3v) is 4.30. The molecule has 7 nitrogen and oxygen atoms in total. The normalized spacial score (nSPS) is 13.7.